The lowest BCUT2D eigenvalue weighted by Crippen LogP contribution is -2.40. The van der Waals surface area contributed by atoms with Gasteiger partial charge in [0.05, 0.1) is 0 Å². The largest absolute Gasteiger partial charge is 0.458 e. The molecular weight excluding hydrogens is 266 g/mol. The van der Waals surface area contributed by atoms with E-state index in [0.717, 1.165) is 12.0 Å². The highest BCUT2D eigenvalue weighted by Crippen LogP contribution is 2.19. The molecule has 0 saturated carbocycles. The molecule has 1 amide bonds. The van der Waals surface area contributed by atoms with Crippen molar-refractivity contribution in [2.24, 2.45) is 5.92 Å². The minimum atomic E-state index is -0.771. The number of hydrogen-bond donors (Lipinski definition) is 1. The van der Waals surface area contributed by atoms with Gasteiger partial charge in [0, 0.05) is 5.92 Å². The zero-order chi connectivity index (χ0) is 16.0. The zero-order valence-corrected chi connectivity index (χ0v) is 13.5. The highest BCUT2D eigenvalue weighted by atomic mass is 16.6. The first-order valence-corrected chi connectivity index (χ1v) is 7.32. The van der Waals surface area contributed by atoms with Crippen LogP contribution in [0, 0.1) is 5.92 Å². The number of carbonyl (C=O) groups is 2. The SMILES string of the molecule is CCC(C)C(=O)N[C@@H](C(=O)OC(C)(C)C)c1ccccc1. The Morgan fingerprint density at radius 2 is 1.76 bits per heavy atom. The molecule has 21 heavy (non-hydrogen) atoms. The van der Waals surface area contributed by atoms with Gasteiger partial charge < -0.3 is 10.1 Å². The predicted octanol–water partition coefficient (Wildman–Crippen LogP) is 3.23. The highest BCUT2D eigenvalue weighted by Gasteiger charge is 2.28. The molecule has 1 aromatic rings. The number of rotatable bonds is 5. The average Bonchev–Trinajstić information content (AvgIpc) is 2.42. The van der Waals surface area contributed by atoms with Crippen molar-refractivity contribution in [2.45, 2.75) is 52.7 Å². The Balaban J connectivity index is 2.96. The Morgan fingerprint density at radius 3 is 2.24 bits per heavy atom. The summed E-state index contributed by atoms with van der Waals surface area (Å²) in [5.41, 5.74) is 0.133. The molecule has 0 aliphatic rings. The fraction of sp³-hybridized carbons (Fsp3) is 0.529. The van der Waals surface area contributed by atoms with Gasteiger partial charge in [0.25, 0.3) is 0 Å². The maximum atomic E-state index is 12.4. The molecule has 1 N–H and O–H groups in total. The first-order valence-electron chi connectivity index (χ1n) is 7.32. The van der Waals surface area contributed by atoms with E-state index >= 15 is 0 Å². The second-order valence-electron chi connectivity index (χ2n) is 6.20. The van der Waals surface area contributed by atoms with Crippen LogP contribution in [-0.2, 0) is 14.3 Å². The van der Waals surface area contributed by atoms with Gasteiger partial charge in [0.1, 0.15) is 5.60 Å². The third-order valence-electron chi connectivity index (χ3n) is 3.12. The first-order chi connectivity index (χ1) is 9.74. The van der Waals surface area contributed by atoms with Gasteiger partial charge in [-0.2, -0.15) is 0 Å². The van der Waals surface area contributed by atoms with E-state index in [4.69, 9.17) is 4.74 Å². The first kappa shape index (κ1) is 17.2. The molecule has 0 bridgehead atoms. The molecule has 0 aliphatic carbocycles. The molecule has 0 spiro atoms. The molecule has 116 valence electrons. The van der Waals surface area contributed by atoms with Gasteiger partial charge in [0.15, 0.2) is 6.04 Å². The maximum Gasteiger partial charge on any atom is 0.333 e. The summed E-state index contributed by atoms with van der Waals surface area (Å²) < 4.78 is 5.41. The van der Waals surface area contributed by atoms with Crippen molar-refractivity contribution in [3.05, 3.63) is 35.9 Å². The summed E-state index contributed by atoms with van der Waals surface area (Å²) in [5, 5.41) is 2.79. The van der Waals surface area contributed by atoms with E-state index in [2.05, 4.69) is 5.32 Å². The normalized spacial score (nSPS) is 14.1. The Morgan fingerprint density at radius 1 is 1.19 bits per heavy atom. The summed E-state index contributed by atoms with van der Waals surface area (Å²) in [6, 6.07) is 8.39. The number of nitrogens with one attached hydrogen (secondary N) is 1. The van der Waals surface area contributed by atoms with E-state index in [0.29, 0.717) is 0 Å². The third-order valence-corrected chi connectivity index (χ3v) is 3.12. The number of benzene rings is 1. The predicted molar refractivity (Wildman–Crippen MR) is 82.6 cm³/mol. The lowest BCUT2D eigenvalue weighted by Gasteiger charge is -2.25. The van der Waals surface area contributed by atoms with Crippen LogP contribution in [0.3, 0.4) is 0 Å². The van der Waals surface area contributed by atoms with Crippen LogP contribution in [0.1, 0.15) is 52.6 Å². The summed E-state index contributed by atoms with van der Waals surface area (Å²) >= 11 is 0. The van der Waals surface area contributed by atoms with Gasteiger partial charge in [-0.25, -0.2) is 4.79 Å². The molecule has 0 fully saturated rings. The van der Waals surface area contributed by atoms with Gasteiger partial charge in [-0.15, -0.1) is 0 Å². The summed E-state index contributed by atoms with van der Waals surface area (Å²) in [5.74, 6) is -0.721. The van der Waals surface area contributed by atoms with E-state index in [1.54, 1.807) is 0 Å². The van der Waals surface area contributed by atoms with Crippen molar-refractivity contribution in [1.82, 2.24) is 5.32 Å². The molecule has 4 heteroatoms. The quantitative estimate of drug-likeness (QED) is 0.847. The van der Waals surface area contributed by atoms with Crippen molar-refractivity contribution in [2.75, 3.05) is 0 Å². The number of hydrogen-bond acceptors (Lipinski definition) is 3. The van der Waals surface area contributed by atoms with Crippen LogP contribution in [-0.4, -0.2) is 17.5 Å². The van der Waals surface area contributed by atoms with Crippen molar-refractivity contribution in [1.29, 1.82) is 0 Å². The molecule has 1 rings (SSSR count). The lowest BCUT2D eigenvalue weighted by molar-refractivity contribution is -0.159. The van der Waals surface area contributed by atoms with Gasteiger partial charge >= 0.3 is 5.97 Å². The van der Waals surface area contributed by atoms with E-state index < -0.39 is 17.6 Å². The highest BCUT2D eigenvalue weighted by molar-refractivity contribution is 5.86. The fourth-order valence-corrected chi connectivity index (χ4v) is 1.75. The molecule has 2 atom stereocenters. The number of amides is 1. The smallest absolute Gasteiger partial charge is 0.333 e. The number of esters is 1. The topological polar surface area (TPSA) is 55.4 Å². The molecule has 0 radical (unpaired) electrons. The van der Waals surface area contributed by atoms with Crippen LogP contribution in [0.25, 0.3) is 0 Å². The van der Waals surface area contributed by atoms with E-state index in [-0.39, 0.29) is 11.8 Å². The number of ether oxygens (including phenoxy) is 1. The van der Waals surface area contributed by atoms with Gasteiger partial charge in [-0.3, -0.25) is 4.79 Å². The number of carbonyl (C=O) groups excluding carboxylic acids is 2. The second-order valence-corrected chi connectivity index (χ2v) is 6.20. The molecular formula is C17H25NO3. The lowest BCUT2D eigenvalue weighted by atomic mass is 10.0. The molecule has 0 saturated heterocycles. The Kier molecular flexibility index (Phi) is 5.94. The van der Waals surface area contributed by atoms with Crippen LogP contribution in [0.15, 0.2) is 30.3 Å². The van der Waals surface area contributed by atoms with Crippen LogP contribution >= 0.6 is 0 Å². The maximum absolute atomic E-state index is 12.4. The Bertz CT molecular complexity index is 477. The molecule has 0 aliphatic heterocycles. The van der Waals surface area contributed by atoms with Gasteiger partial charge in [-0.05, 0) is 32.8 Å². The van der Waals surface area contributed by atoms with Crippen LogP contribution in [0.4, 0.5) is 0 Å². The van der Waals surface area contributed by atoms with E-state index in [1.807, 2.05) is 65.0 Å². The summed E-state index contributed by atoms with van der Waals surface area (Å²) in [6.07, 6.45) is 0.724. The fourth-order valence-electron chi connectivity index (χ4n) is 1.75. The van der Waals surface area contributed by atoms with Crippen LogP contribution in [0.2, 0.25) is 0 Å². The van der Waals surface area contributed by atoms with E-state index in [9.17, 15) is 9.59 Å². The summed E-state index contributed by atoms with van der Waals surface area (Å²) in [4.78, 5) is 24.5. The molecule has 1 unspecified atom stereocenters. The zero-order valence-electron chi connectivity index (χ0n) is 13.5. The Labute approximate surface area is 126 Å². The Hall–Kier alpha value is -1.84. The van der Waals surface area contributed by atoms with Crippen LogP contribution in [0.5, 0.6) is 0 Å². The summed E-state index contributed by atoms with van der Waals surface area (Å²) in [7, 11) is 0. The molecule has 0 heterocycles. The summed E-state index contributed by atoms with van der Waals surface area (Å²) in [6.45, 7) is 9.21. The molecule has 0 aromatic heterocycles. The van der Waals surface area contributed by atoms with Crippen molar-refractivity contribution < 1.29 is 14.3 Å². The minimum absolute atomic E-state index is 0.140. The monoisotopic (exact) mass is 291 g/mol. The minimum Gasteiger partial charge on any atom is -0.458 e. The third kappa shape index (κ3) is 5.58. The van der Waals surface area contributed by atoms with Crippen molar-refractivity contribution >= 4 is 11.9 Å². The molecule has 1 aromatic carbocycles. The van der Waals surface area contributed by atoms with Crippen molar-refractivity contribution in [3.8, 4) is 0 Å². The average molecular weight is 291 g/mol. The van der Waals surface area contributed by atoms with Crippen LogP contribution < -0.4 is 5.32 Å². The van der Waals surface area contributed by atoms with Crippen molar-refractivity contribution in [3.63, 3.8) is 0 Å². The second kappa shape index (κ2) is 7.25. The van der Waals surface area contributed by atoms with Gasteiger partial charge in [0.2, 0.25) is 5.91 Å². The van der Waals surface area contributed by atoms with E-state index in [1.165, 1.54) is 0 Å². The van der Waals surface area contributed by atoms with Gasteiger partial charge in [-0.1, -0.05) is 44.2 Å². The standard InChI is InChI=1S/C17H25NO3/c1-6-12(2)15(19)18-14(13-10-8-7-9-11-13)16(20)21-17(3,4)5/h7-12,14H,6H2,1-5H3,(H,18,19)/t12?,14-/m1/s1. The molecule has 4 nitrogen and oxygen atoms in total.